The number of fused-ring (bicyclic) bond motifs is 1. The maximum absolute atomic E-state index is 11.4. The van der Waals surface area contributed by atoms with E-state index in [-0.39, 0.29) is 5.97 Å². The van der Waals surface area contributed by atoms with Crippen molar-refractivity contribution in [2.75, 3.05) is 7.11 Å². The topological polar surface area (TPSA) is 35.5 Å². The standard InChI is InChI=1S/C17H20O3/c1-4-5-8-13-11-16(19-3)14-9-6-7-10-15(14)17(13)20-12(2)18/h6-7,9-11H,4-5,8H2,1-3H3. The van der Waals surface area contributed by atoms with E-state index in [2.05, 4.69) is 6.92 Å². The average molecular weight is 272 g/mol. The minimum atomic E-state index is -0.293. The molecular weight excluding hydrogens is 252 g/mol. The molecule has 3 heteroatoms. The Kier molecular flexibility index (Phi) is 4.61. The molecule has 2 rings (SSSR count). The molecule has 0 aliphatic carbocycles. The van der Waals surface area contributed by atoms with Crippen molar-refractivity contribution in [2.24, 2.45) is 0 Å². The van der Waals surface area contributed by atoms with Crippen molar-refractivity contribution in [3.8, 4) is 11.5 Å². The molecule has 0 aromatic heterocycles. The highest BCUT2D eigenvalue weighted by molar-refractivity contribution is 5.95. The Balaban J connectivity index is 2.64. The molecule has 0 aliphatic rings. The van der Waals surface area contributed by atoms with E-state index in [9.17, 15) is 4.79 Å². The van der Waals surface area contributed by atoms with Gasteiger partial charge in [0.05, 0.1) is 7.11 Å². The van der Waals surface area contributed by atoms with Crippen molar-refractivity contribution in [3.63, 3.8) is 0 Å². The molecular formula is C17H20O3. The molecule has 0 saturated carbocycles. The van der Waals surface area contributed by atoms with Crippen LogP contribution in [0.25, 0.3) is 10.8 Å². The van der Waals surface area contributed by atoms with Crippen LogP contribution in [0.15, 0.2) is 30.3 Å². The zero-order valence-corrected chi connectivity index (χ0v) is 12.2. The first-order valence-corrected chi connectivity index (χ1v) is 6.94. The summed E-state index contributed by atoms with van der Waals surface area (Å²) in [4.78, 5) is 11.4. The minimum absolute atomic E-state index is 0.293. The molecule has 0 unspecified atom stereocenters. The Morgan fingerprint density at radius 2 is 1.90 bits per heavy atom. The first-order valence-electron chi connectivity index (χ1n) is 6.94. The zero-order chi connectivity index (χ0) is 14.5. The third-order valence-electron chi connectivity index (χ3n) is 3.30. The third-order valence-corrected chi connectivity index (χ3v) is 3.30. The van der Waals surface area contributed by atoms with E-state index in [1.54, 1.807) is 7.11 Å². The number of methoxy groups -OCH3 is 1. The second kappa shape index (κ2) is 6.42. The molecule has 106 valence electrons. The Morgan fingerprint density at radius 1 is 1.20 bits per heavy atom. The summed E-state index contributed by atoms with van der Waals surface area (Å²) < 4.78 is 10.9. The maximum atomic E-state index is 11.4. The maximum Gasteiger partial charge on any atom is 0.308 e. The number of ether oxygens (including phenoxy) is 2. The van der Waals surface area contributed by atoms with Crippen LogP contribution in [0.5, 0.6) is 11.5 Å². The molecule has 0 N–H and O–H groups in total. The fraction of sp³-hybridized carbons (Fsp3) is 0.353. The van der Waals surface area contributed by atoms with Crippen LogP contribution in [-0.4, -0.2) is 13.1 Å². The first-order chi connectivity index (χ1) is 9.67. The molecule has 0 spiro atoms. The summed E-state index contributed by atoms with van der Waals surface area (Å²) in [5.41, 5.74) is 1.03. The van der Waals surface area contributed by atoms with Gasteiger partial charge in [0.2, 0.25) is 0 Å². The second-order valence-electron chi connectivity index (χ2n) is 4.81. The minimum Gasteiger partial charge on any atom is -0.496 e. The average Bonchev–Trinajstić information content (AvgIpc) is 2.45. The lowest BCUT2D eigenvalue weighted by atomic mass is 10.0. The van der Waals surface area contributed by atoms with Gasteiger partial charge in [0.25, 0.3) is 0 Å². The van der Waals surface area contributed by atoms with Crippen LogP contribution < -0.4 is 9.47 Å². The zero-order valence-electron chi connectivity index (χ0n) is 12.2. The summed E-state index contributed by atoms with van der Waals surface area (Å²) in [5.74, 6) is 1.20. The Labute approximate surface area is 119 Å². The summed E-state index contributed by atoms with van der Waals surface area (Å²) in [6, 6.07) is 9.82. The number of carbonyl (C=O) groups is 1. The fourth-order valence-corrected chi connectivity index (χ4v) is 2.36. The summed E-state index contributed by atoms with van der Waals surface area (Å²) in [6.45, 7) is 3.58. The molecule has 20 heavy (non-hydrogen) atoms. The highest BCUT2D eigenvalue weighted by Gasteiger charge is 2.14. The van der Waals surface area contributed by atoms with Gasteiger partial charge in [-0.15, -0.1) is 0 Å². The number of aryl methyl sites for hydroxylation is 1. The third kappa shape index (κ3) is 2.93. The van der Waals surface area contributed by atoms with Gasteiger partial charge in [-0.2, -0.15) is 0 Å². The number of rotatable bonds is 5. The second-order valence-corrected chi connectivity index (χ2v) is 4.81. The van der Waals surface area contributed by atoms with Crippen molar-refractivity contribution >= 4 is 16.7 Å². The fourth-order valence-electron chi connectivity index (χ4n) is 2.36. The van der Waals surface area contributed by atoms with Gasteiger partial charge in [-0.05, 0) is 24.5 Å². The summed E-state index contributed by atoms with van der Waals surface area (Å²) >= 11 is 0. The molecule has 0 saturated heterocycles. The van der Waals surface area contributed by atoms with Crippen molar-refractivity contribution in [1.29, 1.82) is 0 Å². The van der Waals surface area contributed by atoms with Gasteiger partial charge in [0, 0.05) is 17.7 Å². The van der Waals surface area contributed by atoms with Gasteiger partial charge >= 0.3 is 5.97 Å². The van der Waals surface area contributed by atoms with Crippen LogP contribution >= 0.6 is 0 Å². The van der Waals surface area contributed by atoms with E-state index in [0.717, 1.165) is 41.3 Å². The number of carbonyl (C=O) groups excluding carboxylic acids is 1. The Morgan fingerprint density at radius 3 is 2.50 bits per heavy atom. The van der Waals surface area contributed by atoms with Gasteiger partial charge in [0.15, 0.2) is 0 Å². The summed E-state index contributed by atoms with van der Waals surface area (Å²) in [5, 5.41) is 1.89. The van der Waals surface area contributed by atoms with Crippen molar-refractivity contribution in [3.05, 3.63) is 35.9 Å². The highest BCUT2D eigenvalue weighted by atomic mass is 16.5. The van der Waals surface area contributed by atoms with Gasteiger partial charge in [-0.3, -0.25) is 4.79 Å². The number of unbranched alkanes of at least 4 members (excludes halogenated alkanes) is 1. The normalized spacial score (nSPS) is 10.6. The highest BCUT2D eigenvalue weighted by Crippen LogP contribution is 2.37. The smallest absolute Gasteiger partial charge is 0.308 e. The van der Waals surface area contributed by atoms with E-state index < -0.39 is 0 Å². The molecule has 0 amide bonds. The van der Waals surface area contributed by atoms with Gasteiger partial charge in [-0.1, -0.05) is 37.6 Å². The molecule has 0 fully saturated rings. The van der Waals surface area contributed by atoms with Crippen molar-refractivity contribution in [1.82, 2.24) is 0 Å². The van der Waals surface area contributed by atoms with Gasteiger partial charge in [-0.25, -0.2) is 0 Å². The lowest BCUT2D eigenvalue weighted by Gasteiger charge is -2.15. The molecule has 2 aromatic rings. The van der Waals surface area contributed by atoms with Crippen LogP contribution in [0, 0.1) is 0 Å². The largest absolute Gasteiger partial charge is 0.496 e. The molecule has 0 bridgehead atoms. The monoisotopic (exact) mass is 272 g/mol. The summed E-state index contributed by atoms with van der Waals surface area (Å²) in [7, 11) is 1.66. The molecule has 3 nitrogen and oxygen atoms in total. The van der Waals surface area contributed by atoms with Crippen molar-refractivity contribution in [2.45, 2.75) is 33.1 Å². The van der Waals surface area contributed by atoms with Crippen LogP contribution in [-0.2, 0) is 11.2 Å². The van der Waals surface area contributed by atoms with Crippen molar-refractivity contribution < 1.29 is 14.3 Å². The van der Waals surface area contributed by atoms with E-state index in [0.29, 0.717) is 5.75 Å². The SMILES string of the molecule is CCCCc1cc(OC)c2ccccc2c1OC(C)=O. The molecule has 0 radical (unpaired) electrons. The number of hydrogen-bond acceptors (Lipinski definition) is 3. The van der Waals surface area contributed by atoms with E-state index in [1.165, 1.54) is 6.92 Å². The Hall–Kier alpha value is -2.03. The van der Waals surface area contributed by atoms with Crippen LogP contribution in [0.4, 0.5) is 0 Å². The summed E-state index contributed by atoms with van der Waals surface area (Å²) in [6.07, 6.45) is 3.02. The van der Waals surface area contributed by atoms with Gasteiger partial charge < -0.3 is 9.47 Å². The van der Waals surface area contributed by atoms with Crippen LogP contribution in [0.3, 0.4) is 0 Å². The van der Waals surface area contributed by atoms with Crippen LogP contribution in [0.2, 0.25) is 0 Å². The van der Waals surface area contributed by atoms with E-state index in [1.807, 2.05) is 30.3 Å². The van der Waals surface area contributed by atoms with Gasteiger partial charge in [0.1, 0.15) is 11.5 Å². The first kappa shape index (κ1) is 14.4. The Bertz CT molecular complexity index is 617. The molecule has 0 aliphatic heterocycles. The number of benzene rings is 2. The number of esters is 1. The predicted octanol–water partition coefficient (Wildman–Crippen LogP) is 4.12. The number of hydrogen-bond donors (Lipinski definition) is 0. The predicted molar refractivity (Wildman–Crippen MR) is 80.4 cm³/mol. The lowest BCUT2D eigenvalue weighted by molar-refractivity contribution is -0.131. The lowest BCUT2D eigenvalue weighted by Crippen LogP contribution is -2.05. The molecule has 2 aromatic carbocycles. The van der Waals surface area contributed by atoms with E-state index in [4.69, 9.17) is 9.47 Å². The van der Waals surface area contributed by atoms with Crippen LogP contribution in [0.1, 0.15) is 32.3 Å². The quantitative estimate of drug-likeness (QED) is 0.607. The van der Waals surface area contributed by atoms with E-state index >= 15 is 0 Å². The molecule has 0 heterocycles. The molecule has 0 atom stereocenters.